The summed E-state index contributed by atoms with van der Waals surface area (Å²) < 4.78 is 15.4. The zero-order valence-corrected chi connectivity index (χ0v) is 18.4. The van der Waals surface area contributed by atoms with Gasteiger partial charge in [-0.15, -0.1) is 0 Å². The molecule has 0 saturated heterocycles. The van der Waals surface area contributed by atoms with Gasteiger partial charge in [0.25, 0.3) is 0 Å². The first kappa shape index (κ1) is 22.6. The molecule has 0 aliphatic heterocycles. The van der Waals surface area contributed by atoms with Gasteiger partial charge >= 0.3 is 5.97 Å². The monoisotopic (exact) mass is 417 g/mol. The number of benzene rings is 1. The number of Topliss-reactive ketones (excluding diaryl/α,β-unsaturated/α-hetero) is 1. The summed E-state index contributed by atoms with van der Waals surface area (Å²) in [5.41, 5.74) is 1.19. The van der Waals surface area contributed by atoms with Gasteiger partial charge in [-0.2, -0.15) is 0 Å². The number of fused-ring (bicyclic) bond motifs is 2. The Balaban J connectivity index is 1.50. The van der Waals surface area contributed by atoms with Gasteiger partial charge < -0.3 is 19.5 Å². The van der Waals surface area contributed by atoms with Crippen molar-refractivity contribution < 1.29 is 23.8 Å². The summed E-state index contributed by atoms with van der Waals surface area (Å²) in [6.45, 7) is 0.843. The summed E-state index contributed by atoms with van der Waals surface area (Å²) in [4.78, 5) is 24.2. The van der Waals surface area contributed by atoms with Crippen LogP contribution in [-0.2, 0) is 20.7 Å². The van der Waals surface area contributed by atoms with E-state index < -0.39 is 0 Å². The third-order valence-corrected chi connectivity index (χ3v) is 6.81. The first-order valence-corrected chi connectivity index (χ1v) is 11.1. The predicted molar refractivity (Wildman–Crippen MR) is 115 cm³/mol. The molecule has 1 N–H and O–H groups in total. The molecule has 0 heterocycles. The van der Waals surface area contributed by atoms with Crippen molar-refractivity contribution in [2.45, 2.75) is 57.4 Å². The van der Waals surface area contributed by atoms with Crippen molar-refractivity contribution in [1.82, 2.24) is 5.32 Å². The maximum atomic E-state index is 13.0. The van der Waals surface area contributed by atoms with Crippen LogP contribution in [0.3, 0.4) is 0 Å². The van der Waals surface area contributed by atoms with E-state index in [2.05, 4.69) is 16.1 Å². The fourth-order valence-corrected chi connectivity index (χ4v) is 5.30. The van der Waals surface area contributed by atoms with E-state index in [0.29, 0.717) is 30.5 Å². The smallest absolute Gasteiger partial charge is 0.305 e. The van der Waals surface area contributed by atoms with Crippen LogP contribution in [0.4, 0.5) is 0 Å². The van der Waals surface area contributed by atoms with E-state index in [9.17, 15) is 9.59 Å². The Kier molecular flexibility index (Phi) is 8.14. The number of carbonyl (C=O) groups is 2. The van der Waals surface area contributed by atoms with Crippen LogP contribution in [0.5, 0.6) is 11.5 Å². The Labute approximate surface area is 179 Å². The van der Waals surface area contributed by atoms with Gasteiger partial charge in [0.2, 0.25) is 0 Å². The number of esters is 1. The molecular weight excluding hydrogens is 382 g/mol. The molecule has 2 aliphatic carbocycles. The minimum atomic E-state index is -0.197. The van der Waals surface area contributed by atoms with Gasteiger partial charge in [-0.3, -0.25) is 9.59 Å². The first-order chi connectivity index (χ1) is 14.6. The number of hydrogen-bond donors (Lipinski definition) is 1. The van der Waals surface area contributed by atoms with E-state index in [1.54, 1.807) is 14.2 Å². The maximum Gasteiger partial charge on any atom is 0.305 e. The van der Waals surface area contributed by atoms with E-state index in [0.717, 1.165) is 37.3 Å². The molecule has 2 bridgehead atoms. The number of methoxy groups -OCH3 is 3. The minimum Gasteiger partial charge on any atom is -0.493 e. The second-order valence-electron chi connectivity index (χ2n) is 8.53. The summed E-state index contributed by atoms with van der Waals surface area (Å²) in [5.74, 6) is 2.93. The van der Waals surface area contributed by atoms with Crippen LogP contribution in [-0.4, -0.2) is 45.7 Å². The van der Waals surface area contributed by atoms with Crippen molar-refractivity contribution in [3.05, 3.63) is 23.8 Å². The zero-order valence-electron chi connectivity index (χ0n) is 18.4. The molecule has 0 amide bonds. The highest BCUT2D eigenvalue weighted by atomic mass is 16.5. The van der Waals surface area contributed by atoms with Crippen LogP contribution < -0.4 is 14.8 Å². The quantitative estimate of drug-likeness (QED) is 0.414. The summed E-state index contributed by atoms with van der Waals surface area (Å²) in [6, 6.07) is 6.31. The normalized spacial score (nSPS) is 24.6. The van der Waals surface area contributed by atoms with E-state index in [1.165, 1.54) is 31.9 Å². The Morgan fingerprint density at radius 1 is 1.00 bits per heavy atom. The van der Waals surface area contributed by atoms with Crippen molar-refractivity contribution in [2.75, 3.05) is 27.9 Å². The van der Waals surface area contributed by atoms with E-state index in [1.807, 2.05) is 12.1 Å². The molecule has 0 spiro atoms. The van der Waals surface area contributed by atoms with Crippen LogP contribution in [0.15, 0.2) is 18.2 Å². The Bertz CT molecular complexity index is 734. The molecule has 2 fully saturated rings. The molecule has 3 rings (SSSR count). The molecule has 0 radical (unpaired) electrons. The van der Waals surface area contributed by atoms with Gasteiger partial charge in [-0.05, 0) is 74.6 Å². The third-order valence-electron chi connectivity index (χ3n) is 6.81. The molecule has 1 aromatic rings. The second kappa shape index (κ2) is 10.8. The van der Waals surface area contributed by atoms with Gasteiger partial charge in [-0.1, -0.05) is 6.07 Å². The minimum absolute atomic E-state index is 0.132. The van der Waals surface area contributed by atoms with Crippen molar-refractivity contribution in [3.8, 4) is 11.5 Å². The number of ether oxygens (including phenoxy) is 3. The van der Waals surface area contributed by atoms with Crippen molar-refractivity contribution in [1.29, 1.82) is 0 Å². The van der Waals surface area contributed by atoms with Gasteiger partial charge in [-0.25, -0.2) is 0 Å². The number of nitrogens with one attached hydrogen (secondary N) is 1. The fraction of sp³-hybridized carbons (Fsp3) is 0.667. The van der Waals surface area contributed by atoms with Gasteiger partial charge in [0.15, 0.2) is 11.5 Å². The molecule has 2 aliphatic rings. The standard InChI is InChI=1S/C24H35NO5/c1-28-20-11-8-16(14-21(20)29-2)12-13-25-24-18-10-9-17(15-18)23(24)19(26)6-4-5-7-22(27)30-3/h8,11,14,17-18,23-25H,4-7,9-10,12-13,15H2,1-3H3/t17-,18+,23+,24-/m0/s1. The number of carbonyl (C=O) groups excluding carboxylic acids is 2. The van der Waals surface area contributed by atoms with Crippen LogP contribution in [0, 0.1) is 17.8 Å². The summed E-state index contributed by atoms with van der Waals surface area (Å²) in [5, 5.41) is 3.71. The van der Waals surface area contributed by atoms with Crippen molar-refractivity contribution in [2.24, 2.45) is 17.8 Å². The van der Waals surface area contributed by atoms with Gasteiger partial charge in [0.05, 0.1) is 21.3 Å². The topological polar surface area (TPSA) is 73.9 Å². The lowest BCUT2D eigenvalue weighted by Gasteiger charge is -2.31. The zero-order chi connectivity index (χ0) is 21.5. The highest BCUT2D eigenvalue weighted by molar-refractivity contribution is 5.82. The van der Waals surface area contributed by atoms with Crippen LogP contribution in [0.25, 0.3) is 0 Å². The van der Waals surface area contributed by atoms with E-state index >= 15 is 0 Å². The lowest BCUT2D eigenvalue weighted by Crippen LogP contribution is -2.44. The Hall–Kier alpha value is -2.08. The second-order valence-corrected chi connectivity index (χ2v) is 8.53. The number of unbranched alkanes of at least 4 members (excludes halogenated alkanes) is 1. The van der Waals surface area contributed by atoms with Gasteiger partial charge in [0.1, 0.15) is 5.78 Å². The number of rotatable bonds is 12. The fourth-order valence-electron chi connectivity index (χ4n) is 5.30. The van der Waals surface area contributed by atoms with Crippen LogP contribution in [0.1, 0.15) is 50.5 Å². The molecule has 0 aromatic heterocycles. The molecule has 4 atom stereocenters. The average molecular weight is 418 g/mol. The highest BCUT2D eigenvalue weighted by Gasteiger charge is 2.49. The summed E-state index contributed by atoms with van der Waals surface area (Å²) in [7, 11) is 4.69. The lowest BCUT2D eigenvalue weighted by atomic mass is 9.80. The lowest BCUT2D eigenvalue weighted by molar-refractivity contribution is -0.140. The third kappa shape index (κ3) is 5.34. The van der Waals surface area contributed by atoms with Crippen LogP contribution in [0.2, 0.25) is 0 Å². The molecule has 30 heavy (non-hydrogen) atoms. The molecule has 2 saturated carbocycles. The SMILES string of the molecule is COC(=O)CCCCC(=O)[C@H]1[C@H]2CC[C@H](C2)[C@@H]1NCCc1ccc(OC)c(OC)c1. The molecule has 6 heteroatoms. The van der Waals surface area contributed by atoms with Crippen molar-refractivity contribution in [3.63, 3.8) is 0 Å². The van der Waals surface area contributed by atoms with Gasteiger partial charge in [0, 0.05) is 24.8 Å². The molecular formula is C24H35NO5. The van der Waals surface area contributed by atoms with Crippen LogP contribution >= 0.6 is 0 Å². The molecule has 1 aromatic carbocycles. The number of ketones is 1. The summed E-state index contributed by atoms with van der Waals surface area (Å²) in [6.07, 6.45) is 6.91. The molecule has 6 nitrogen and oxygen atoms in total. The molecule has 166 valence electrons. The molecule has 0 unspecified atom stereocenters. The Morgan fingerprint density at radius 3 is 2.47 bits per heavy atom. The number of hydrogen-bond acceptors (Lipinski definition) is 6. The maximum absolute atomic E-state index is 13.0. The average Bonchev–Trinajstić information content (AvgIpc) is 3.38. The summed E-state index contributed by atoms with van der Waals surface area (Å²) >= 11 is 0. The van der Waals surface area contributed by atoms with E-state index in [4.69, 9.17) is 9.47 Å². The van der Waals surface area contributed by atoms with E-state index in [-0.39, 0.29) is 17.9 Å². The largest absolute Gasteiger partial charge is 0.493 e. The Morgan fingerprint density at radius 2 is 1.73 bits per heavy atom. The predicted octanol–water partition coefficient (Wildman–Crippen LogP) is 3.55. The van der Waals surface area contributed by atoms with Crippen molar-refractivity contribution >= 4 is 11.8 Å². The highest BCUT2D eigenvalue weighted by Crippen LogP contribution is 2.49. The first-order valence-electron chi connectivity index (χ1n) is 11.1.